The molecule has 1 unspecified atom stereocenters. The summed E-state index contributed by atoms with van der Waals surface area (Å²) in [4.78, 5) is 7.63. The summed E-state index contributed by atoms with van der Waals surface area (Å²) >= 11 is 0. The lowest BCUT2D eigenvalue weighted by Crippen LogP contribution is -2.35. The number of imidazole rings is 1. The van der Waals surface area contributed by atoms with E-state index < -0.39 is 0 Å². The number of nitrogens with one attached hydrogen (secondary N) is 2. The van der Waals surface area contributed by atoms with E-state index >= 15 is 0 Å². The molecule has 1 saturated heterocycles. The molecule has 16 heavy (non-hydrogen) atoms. The number of rotatable bonds is 2. The average molecular weight is 219 g/mol. The van der Waals surface area contributed by atoms with Crippen LogP contribution >= 0.6 is 0 Å². The molecule has 1 aliphatic heterocycles. The molecule has 1 atom stereocenters. The lowest BCUT2D eigenvalue weighted by atomic mass is 10.2. The van der Waals surface area contributed by atoms with Crippen molar-refractivity contribution in [3.8, 4) is 11.3 Å². The molecular formula is C11H13N3O2. The fourth-order valence-corrected chi connectivity index (χ4v) is 1.82. The molecule has 3 heterocycles. The Morgan fingerprint density at radius 3 is 3.19 bits per heavy atom. The minimum Gasteiger partial charge on any atom is -0.472 e. The van der Waals surface area contributed by atoms with Gasteiger partial charge in [-0.1, -0.05) is 0 Å². The van der Waals surface area contributed by atoms with Gasteiger partial charge in [0.1, 0.15) is 5.82 Å². The highest BCUT2D eigenvalue weighted by atomic mass is 16.5. The molecule has 3 rings (SSSR count). The number of aromatic nitrogens is 2. The van der Waals surface area contributed by atoms with Crippen LogP contribution in [0.4, 0.5) is 0 Å². The summed E-state index contributed by atoms with van der Waals surface area (Å²) in [5.74, 6) is 0.913. The number of ether oxygens (including phenoxy) is 1. The third-order valence-electron chi connectivity index (χ3n) is 2.68. The maximum Gasteiger partial charge on any atom is 0.126 e. The Morgan fingerprint density at radius 2 is 2.44 bits per heavy atom. The summed E-state index contributed by atoms with van der Waals surface area (Å²) in [5.41, 5.74) is 1.98. The monoisotopic (exact) mass is 219 g/mol. The van der Waals surface area contributed by atoms with Gasteiger partial charge in [-0.2, -0.15) is 0 Å². The van der Waals surface area contributed by atoms with Gasteiger partial charge >= 0.3 is 0 Å². The van der Waals surface area contributed by atoms with Crippen molar-refractivity contribution in [1.29, 1.82) is 0 Å². The number of hydrogen-bond donors (Lipinski definition) is 2. The van der Waals surface area contributed by atoms with Crippen molar-refractivity contribution in [1.82, 2.24) is 15.3 Å². The molecule has 0 aromatic carbocycles. The number of furan rings is 1. The second-order valence-corrected chi connectivity index (χ2v) is 3.78. The molecule has 1 fully saturated rings. The zero-order chi connectivity index (χ0) is 10.8. The smallest absolute Gasteiger partial charge is 0.126 e. The van der Waals surface area contributed by atoms with Gasteiger partial charge in [0, 0.05) is 12.1 Å². The number of nitrogens with zero attached hydrogens (tertiary/aromatic N) is 1. The third kappa shape index (κ3) is 1.75. The Bertz CT molecular complexity index is 444. The fourth-order valence-electron chi connectivity index (χ4n) is 1.82. The molecule has 0 spiro atoms. The minimum absolute atomic E-state index is 0.161. The van der Waals surface area contributed by atoms with Crippen LogP contribution in [-0.4, -0.2) is 29.7 Å². The van der Waals surface area contributed by atoms with Crippen LogP contribution < -0.4 is 5.32 Å². The van der Waals surface area contributed by atoms with Crippen LogP contribution in [0.5, 0.6) is 0 Å². The van der Waals surface area contributed by atoms with Gasteiger partial charge in [0.25, 0.3) is 0 Å². The van der Waals surface area contributed by atoms with E-state index in [2.05, 4.69) is 15.3 Å². The van der Waals surface area contributed by atoms with Gasteiger partial charge in [-0.25, -0.2) is 4.98 Å². The molecule has 0 bridgehead atoms. The second kappa shape index (κ2) is 4.11. The highest BCUT2D eigenvalue weighted by Crippen LogP contribution is 2.20. The first-order valence-corrected chi connectivity index (χ1v) is 5.32. The molecule has 2 aromatic rings. The predicted molar refractivity (Wildman–Crippen MR) is 57.9 cm³/mol. The molecule has 1 aliphatic rings. The SMILES string of the molecule is c1cc(-c2cnc(C3COCCN3)[nH]2)co1. The van der Waals surface area contributed by atoms with Crippen LogP contribution in [0.15, 0.2) is 29.2 Å². The van der Waals surface area contributed by atoms with Crippen molar-refractivity contribution in [3.05, 3.63) is 30.6 Å². The van der Waals surface area contributed by atoms with Gasteiger partial charge in [-0.3, -0.25) is 0 Å². The topological polar surface area (TPSA) is 63.1 Å². The van der Waals surface area contributed by atoms with Gasteiger partial charge in [0.15, 0.2) is 0 Å². The molecule has 84 valence electrons. The highest BCUT2D eigenvalue weighted by molar-refractivity contribution is 5.56. The van der Waals surface area contributed by atoms with E-state index in [4.69, 9.17) is 9.15 Å². The minimum atomic E-state index is 0.161. The van der Waals surface area contributed by atoms with Crippen LogP contribution in [0.3, 0.4) is 0 Å². The van der Waals surface area contributed by atoms with Crippen molar-refractivity contribution in [3.63, 3.8) is 0 Å². The zero-order valence-electron chi connectivity index (χ0n) is 8.77. The number of morpholine rings is 1. The van der Waals surface area contributed by atoms with Crippen molar-refractivity contribution in [2.45, 2.75) is 6.04 Å². The van der Waals surface area contributed by atoms with Crippen molar-refractivity contribution in [2.24, 2.45) is 0 Å². The lowest BCUT2D eigenvalue weighted by molar-refractivity contribution is 0.0745. The summed E-state index contributed by atoms with van der Waals surface area (Å²) in [6, 6.07) is 2.07. The largest absolute Gasteiger partial charge is 0.472 e. The number of H-pyrrole nitrogens is 1. The summed E-state index contributed by atoms with van der Waals surface area (Å²) in [7, 11) is 0. The first-order chi connectivity index (χ1) is 7.93. The molecule has 0 aliphatic carbocycles. The van der Waals surface area contributed by atoms with Crippen LogP contribution in [0.25, 0.3) is 11.3 Å². The summed E-state index contributed by atoms with van der Waals surface area (Å²) in [6.45, 7) is 2.30. The van der Waals surface area contributed by atoms with Crippen LogP contribution in [0.1, 0.15) is 11.9 Å². The Kier molecular flexibility index (Phi) is 2.47. The van der Waals surface area contributed by atoms with E-state index in [1.165, 1.54) is 0 Å². The van der Waals surface area contributed by atoms with E-state index in [0.717, 1.165) is 30.2 Å². The van der Waals surface area contributed by atoms with Gasteiger partial charge in [-0.15, -0.1) is 0 Å². The number of aromatic amines is 1. The summed E-state index contributed by atoms with van der Waals surface area (Å²) in [5, 5.41) is 3.35. The van der Waals surface area contributed by atoms with Crippen molar-refractivity contribution < 1.29 is 9.15 Å². The van der Waals surface area contributed by atoms with E-state index in [1.54, 1.807) is 12.5 Å². The molecule has 2 aromatic heterocycles. The normalized spacial score (nSPS) is 21.1. The molecule has 5 heteroatoms. The van der Waals surface area contributed by atoms with E-state index in [-0.39, 0.29) is 6.04 Å². The van der Waals surface area contributed by atoms with Gasteiger partial charge in [-0.05, 0) is 6.07 Å². The molecule has 5 nitrogen and oxygen atoms in total. The van der Waals surface area contributed by atoms with Gasteiger partial charge in [0.2, 0.25) is 0 Å². The molecular weight excluding hydrogens is 206 g/mol. The standard InChI is InChI=1S/C11H13N3O2/c1-3-15-6-8(1)9-5-13-11(14-9)10-7-16-4-2-12-10/h1,3,5-6,10,12H,2,4,7H2,(H,13,14). The molecule has 0 radical (unpaired) electrons. The van der Waals surface area contributed by atoms with Crippen LogP contribution in [-0.2, 0) is 4.74 Å². The van der Waals surface area contributed by atoms with E-state index in [9.17, 15) is 0 Å². The second-order valence-electron chi connectivity index (χ2n) is 3.78. The Morgan fingerprint density at radius 1 is 1.44 bits per heavy atom. The lowest BCUT2D eigenvalue weighted by Gasteiger charge is -2.21. The summed E-state index contributed by atoms with van der Waals surface area (Å²) < 4.78 is 10.4. The quantitative estimate of drug-likeness (QED) is 0.799. The molecule has 2 N–H and O–H groups in total. The Balaban J connectivity index is 1.82. The van der Waals surface area contributed by atoms with Crippen molar-refractivity contribution >= 4 is 0 Å². The van der Waals surface area contributed by atoms with Crippen LogP contribution in [0, 0.1) is 0 Å². The zero-order valence-corrected chi connectivity index (χ0v) is 8.77. The van der Waals surface area contributed by atoms with Crippen molar-refractivity contribution in [2.75, 3.05) is 19.8 Å². The Hall–Kier alpha value is -1.59. The van der Waals surface area contributed by atoms with E-state index in [1.807, 2.05) is 12.3 Å². The summed E-state index contributed by atoms with van der Waals surface area (Å²) in [6.07, 6.45) is 5.16. The maximum atomic E-state index is 5.40. The first kappa shape index (κ1) is 9.62. The molecule has 0 amide bonds. The number of hydrogen-bond acceptors (Lipinski definition) is 4. The molecule has 0 saturated carbocycles. The average Bonchev–Trinajstić information content (AvgIpc) is 3.01. The Labute approximate surface area is 92.8 Å². The first-order valence-electron chi connectivity index (χ1n) is 5.32. The third-order valence-corrected chi connectivity index (χ3v) is 2.68. The van der Waals surface area contributed by atoms with Gasteiger partial charge in [0.05, 0.1) is 43.7 Å². The van der Waals surface area contributed by atoms with E-state index in [0.29, 0.717) is 6.61 Å². The highest BCUT2D eigenvalue weighted by Gasteiger charge is 2.18. The van der Waals surface area contributed by atoms with Gasteiger partial charge < -0.3 is 19.5 Å². The predicted octanol–water partition coefficient (Wildman–Crippen LogP) is 1.33. The maximum absolute atomic E-state index is 5.40. The van der Waals surface area contributed by atoms with Crippen LogP contribution in [0.2, 0.25) is 0 Å². The fraction of sp³-hybridized carbons (Fsp3) is 0.364.